The average Bonchev–Trinajstić information content (AvgIpc) is 2.39. The molecule has 2 aromatic rings. The smallest absolute Gasteiger partial charge is 0.338 e. The van der Waals surface area contributed by atoms with Gasteiger partial charge in [-0.1, -0.05) is 28.1 Å². The summed E-state index contributed by atoms with van der Waals surface area (Å²) in [6, 6.07) is 8.29. The molecule has 0 fully saturated rings. The highest BCUT2D eigenvalue weighted by molar-refractivity contribution is 9.10. The molecule has 0 saturated carbocycles. The van der Waals surface area contributed by atoms with E-state index in [0.717, 1.165) is 6.07 Å². The van der Waals surface area contributed by atoms with E-state index in [1.54, 1.807) is 6.07 Å². The maximum atomic E-state index is 13.4. The van der Waals surface area contributed by atoms with Crippen LogP contribution in [0.5, 0.6) is 0 Å². The molecule has 2 N–H and O–H groups in total. The van der Waals surface area contributed by atoms with Crippen LogP contribution in [0.4, 0.5) is 14.5 Å². The highest BCUT2D eigenvalue weighted by atomic mass is 79.9. The first-order valence-electron chi connectivity index (χ1n) is 5.63. The Bertz CT molecular complexity index is 641. The molecule has 0 heterocycles. The molecule has 0 bridgehead atoms. The van der Waals surface area contributed by atoms with Crippen LogP contribution in [0, 0.1) is 11.6 Å². The molecule has 0 amide bonds. The summed E-state index contributed by atoms with van der Waals surface area (Å²) in [6.45, 7) is -0.352. The van der Waals surface area contributed by atoms with Crippen LogP contribution in [0.25, 0.3) is 0 Å². The van der Waals surface area contributed by atoms with E-state index >= 15 is 0 Å². The summed E-state index contributed by atoms with van der Waals surface area (Å²) in [7, 11) is 0. The van der Waals surface area contributed by atoms with E-state index in [1.807, 2.05) is 0 Å². The van der Waals surface area contributed by atoms with Crippen LogP contribution < -0.4 is 5.73 Å². The van der Waals surface area contributed by atoms with Crippen molar-refractivity contribution in [2.24, 2.45) is 0 Å². The van der Waals surface area contributed by atoms with Crippen molar-refractivity contribution in [1.29, 1.82) is 0 Å². The molecule has 0 aliphatic carbocycles. The minimum absolute atomic E-state index is 0.0266. The highest BCUT2D eigenvalue weighted by Gasteiger charge is 2.12. The van der Waals surface area contributed by atoms with Gasteiger partial charge in [-0.25, -0.2) is 13.6 Å². The van der Waals surface area contributed by atoms with E-state index in [4.69, 9.17) is 10.5 Å². The molecule has 2 aromatic carbocycles. The van der Waals surface area contributed by atoms with E-state index in [-0.39, 0.29) is 17.7 Å². The summed E-state index contributed by atoms with van der Waals surface area (Å²) in [6.07, 6.45) is 0. The lowest BCUT2D eigenvalue weighted by molar-refractivity contribution is 0.0468. The van der Waals surface area contributed by atoms with Crippen molar-refractivity contribution < 1.29 is 18.3 Å². The largest absolute Gasteiger partial charge is 0.457 e. The van der Waals surface area contributed by atoms with Gasteiger partial charge in [-0.3, -0.25) is 0 Å². The Morgan fingerprint density at radius 3 is 2.70 bits per heavy atom. The molecule has 0 aliphatic heterocycles. The summed E-state index contributed by atoms with van der Waals surface area (Å²) < 4.78 is 31.9. The Labute approximate surface area is 122 Å². The first kappa shape index (κ1) is 14.5. The molecular weight excluding hydrogens is 332 g/mol. The number of hydrogen-bond acceptors (Lipinski definition) is 3. The van der Waals surface area contributed by atoms with Gasteiger partial charge in [0.05, 0.1) is 5.56 Å². The zero-order chi connectivity index (χ0) is 14.7. The quantitative estimate of drug-likeness (QED) is 0.684. The summed E-state index contributed by atoms with van der Waals surface area (Å²) >= 11 is 3.20. The third kappa shape index (κ3) is 3.33. The number of nitrogens with two attached hydrogens (primary N) is 1. The van der Waals surface area contributed by atoms with Crippen molar-refractivity contribution >= 4 is 27.6 Å². The van der Waals surface area contributed by atoms with Crippen LogP contribution in [0.1, 0.15) is 15.9 Å². The van der Waals surface area contributed by atoms with Crippen LogP contribution >= 0.6 is 15.9 Å². The second-order valence-corrected chi connectivity index (χ2v) is 4.98. The van der Waals surface area contributed by atoms with Gasteiger partial charge in [0, 0.05) is 15.7 Å². The maximum absolute atomic E-state index is 13.4. The maximum Gasteiger partial charge on any atom is 0.338 e. The van der Waals surface area contributed by atoms with Crippen molar-refractivity contribution in [1.82, 2.24) is 0 Å². The standard InChI is InChI=1S/C14H10BrF2NO2/c15-10-4-9(5-11(18)6-10)14(19)20-7-8-2-1-3-12(16)13(8)17/h1-6H,7,18H2. The van der Waals surface area contributed by atoms with Crippen molar-refractivity contribution in [3.63, 3.8) is 0 Å². The van der Waals surface area contributed by atoms with Crippen LogP contribution in [-0.4, -0.2) is 5.97 Å². The second kappa shape index (κ2) is 6.00. The number of hydrogen-bond donors (Lipinski definition) is 1. The van der Waals surface area contributed by atoms with Gasteiger partial charge >= 0.3 is 5.97 Å². The molecule has 3 nitrogen and oxygen atoms in total. The van der Waals surface area contributed by atoms with E-state index in [0.29, 0.717) is 10.2 Å². The number of nitrogen functional groups attached to an aromatic ring is 1. The molecule has 104 valence electrons. The second-order valence-electron chi connectivity index (χ2n) is 4.06. The summed E-state index contributed by atoms with van der Waals surface area (Å²) in [4.78, 5) is 11.8. The number of carbonyl (C=O) groups excluding carboxylic acids is 1. The Morgan fingerprint density at radius 1 is 1.25 bits per heavy atom. The lowest BCUT2D eigenvalue weighted by Crippen LogP contribution is -2.07. The van der Waals surface area contributed by atoms with Gasteiger partial charge in [0.1, 0.15) is 6.61 Å². The molecular formula is C14H10BrF2NO2. The fourth-order valence-corrected chi connectivity index (χ4v) is 2.13. The monoisotopic (exact) mass is 341 g/mol. The average molecular weight is 342 g/mol. The SMILES string of the molecule is Nc1cc(Br)cc(C(=O)OCc2cccc(F)c2F)c1. The van der Waals surface area contributed by atoms with Crippen LogP contribution in [0.2, 0.25) is 0 Å². The summed E-state index contributed by atoms with van der Waals surface area (Å²) in [5.41, 5.74) is 6.20. The Balaban J connectivity index is 2.10. The predicted octanol–water partition coefficient (Wildman–Crippen LogP) is 3.67. The van der Waals surface area contributed by atoms with E-state index in [9.17, 15) is 13.6 Å². The number of halogens is 3. The normalized spacial score (nSPS) is 10.3. The molecule has 20 heavy (non-hydrogen) atoms. The number of rotatable bonds is 3. The lowest BCUT2D eigenvalue weighted by Gasteiger charge is -2.07. The number of benzene rings is 2. The van der Waals surface area contributed by atoms with Crippen LogP contribution in [-0.2, 0) is 11.3 Å². The van der Waals surface area contributed by atoms with Gasteiger partial charge in [-0.05, 0) is 24.3 Å². The zero-order valence-corrected chi connectivity index (χ0v) is 11.8. The highest BCUT2D eigenvalue weighted by Crippen LogP contribution is 2.19. The van der Waals surface area contributed by atoms with Crippen LogP contribution in [0.3, 0.4) is 0 Å². The van der Waals surface area contributed by atoms with Gasteiger partial charge in [0.2, 0.25) is 0 Å². The first-order chi connectivity index (χ1) is 9.47. The lowest BCUT2D eigenvalue weighted by atomic mass is 10.2. The molecule has 0 atom stereocenters. The fraction of sp³-hybridized carbons (Fsp3) is 0.0714. The van der Waals surface area contributed by atoms with Crippen LogP contribution in [0.15, 0.2) is 40.9 Å². The molecule has 0 radical (unpaired) electrons. The Hall–Kier alpha value is -1.95. The van der Waals surface area contributed by atoms with Gasteiger partial charge in [0.25, 0.3) is 0 Å². The number of anilines is 1. The Kier molecular flexibility index (Phi) is 4.34. The molecule has 0 unspecified atom stereocenters. The molecule has 6 heteroatoms. The van der Waals surface area contributed by atoms with Crippen molar-refractivity contribution in [2.45, 2.75) is 6.61 Å². The van der Waals surface area contributed by atoms with Crippen molar-refractivity contribution in [2.75, 3.05) is 5.73 Å². The van der Waals surface area contributed by atoms with Gasteiger partial charge < -0.3 is 10.5 Å². The van der Waals surface area contributed by atoms with E-state index in [1.165, 1.54) is 24.3 Å². The van der Waals surface area contributed by atoms with Gasteiger partial charge in [-0.2, -0.15) is 0 Å². The van der Waals surface area contributed by atoms with Crippen molar-refractivity contribution in [3.8, 4) is 0 Å². The molecule has 0 aliphatic rings. The molecule has 0 spiro atoms. The third-order valence-corrected chi connectivity index (χ3v) is 3.00. The van der Waals surface area contributed by atoms with Gasteiger partial charge in [0.15, 0.2) is 11.6 Å². The molecule has 2 rings (SSSR count). The fourth-order valence-electron chi connectivity index (χ4n) is 1.62. The summed E-state index contributed by atoms with van der Waals surface area (Å²) in [5, 5.41) is 0. The number of ether oxygens (including phenoxy) is 1. The van der Waals surface area contributed by atoms with Crippen molar-refractivity contribution in [3.05, 3.63) is 63.6 Å². The number of esters is 1. The number of carbonyl (C=O) groups is 1. The third-order valence-electron chi connectivity index (χ3n) is 2.55. The predicted molar refractivity (Wildman–Crippen MR) is 74.0 cm³/mol. The zero-order valence-electron chi connectivity index (χ0n) is 10.2. The minimum atomic E-state index is -1.02. The van der Waals surface area contributed by atoms with E-state index in [2.05, 4.69) is 15.9 Å². The molecule has 0 saturated heterocycles. The minimum Gasteiger partial charge on any atom is -0.457 e. The van der Waals surface area contributed by atoms with E-state index < -0.39 is 17.6 Å². The Morgan fingerprint density at radius 2 is 2.00 bits per heavy atom. The van der Waals surface area contributed by atoms with Gasteiger partial charge in [-0.15, -0.1) is 0 Å². The molecule has 0 aromatic heterocycles. The first-order valence-corrected chi connectivity index (χ1v) is 6.43. The topological polar surface area (TPSA) is 52.3 Å². The summed E-state index contributed by atoms with van der Waals surface area (Å²) in [5.74, 6) is -2.67.